The summed E-state index contributed by atoms with van der Waals surface area (Å²) in [6, 6.07) is 27.2. The van der Waals surface area contributed by atoms with E-state index in [1.54, 1.807) is 36.4 Å². The summed E-state index contributed by atoms with van der Waals surface area (Å²) in [6.45, 7) is 4.54. The first-order chi connectivity index (χ1) is 17.1. The zero-order valence-corrected chi connectivity index (χ0v) is 23.5. The fourth-order valence-corrected chi connectivity index (χ4v) is 2.67. The molecule has 0 atom stereocenters. The number of hydrogen-bond acceptors (Lipinski definition) is 3. The molecule has 3 aromatic rings. The second-order valence-corrected chi connectivity index (χ2v) is 7.61. The smallest absolute Gasteiger partial charge is 0.350 e. The third kappa shape index (κ3) is 15.0. The molecule has 6 nitrogen and oxygen atoms in total. The number of rotatable bonds is 6. The Morgan fingerprint density at radius 2 is 0.649 bits per heavy atom. The van der Waals surface area contributed by atoms with Crippen molar-refractivity contribution < 1.29 is 55.9 Å². The van der Waals surface area contributed by atoms with E-state index in [9.17, 15) is 14.4 Å². The predicted molar refractivity (Wildman–Crippen MR) is 147 cm³/mol. The molecule has 3 aromatic carbocycles. The maximum absolute atomic E-state index is 9.37. The second-order valence-electron chi connectivity index (χ2n) is 7.61. The maximum Gasteiger partial charge on any atom is 0.350 e. The monoisotopic (exact) mass is 579 g/mol. The fraction of sp³-hybridized carbons (Fsp3) is 0.100. The van der Waals surface area contributed by atoms with E-state index in [-0.39, 0.29) is 60.8 Å². The van der Waals surface area contributed by atoms with Crippen LogP contribution in [0.1, 0.15) is 37.5 Å². The molecule has 0 aromatic heterocycles. The van der Waals surface area contributed by atoms with E-state index in [4.69, 9.17) is 15.3 Å². The number of ketones is 3. The Hall–Kier alpha value is -3.83. The largest absolute Gasteiger partial charge is 0.512 e. The van der Waals surface area contributed by atoms with E-state index in [0.29, 0.717) is 16.7 Å². The first kappa shape index (κ1) is 33.2. The van der Waals surface area contributed by atoms with Crippen molar-refractivity contribution in [2.45, 2.75) is 20.8 Å². The quantitative estimate of drug-likeness (QED) is 0.141. The zero-order valence-electron chi connectivity index (χ0n) is 21.1. The minimum atomic E-state index is 0. The Morgan fingerprint density at radius 3 is 0.811 bits per heavy atom. The van der Waals surface area contributed by atoms with Crippen molar-refractivity contribution in [3.63, 3.8) is 0 Å². The number of benzene rings is 3. The van der Waals surface area contributed by atoms with E-state index in [1.807, 2.05) is 54.6 Å². The van der Waals surface area contributed by atoms with Crippen molar-refractivity contribution in [2.24, 2.45) is 0 Å². The number of aliphatic hydroxyl groups is 3. The third-order valence-electron chi connectivity index (χ3n) is 4.25. The minimum Gasteiger partial charge on any atom is -0.512 e. The molecule has 0 saturated heterocycles. The van der Waals surface area contributed by atoms with E-state index in [1.165, 1.54) is 39.0 Å². The van der Waals surface area contributed by atoms with E-state index in [0.717, 1.165) is 0 Å². The van der Waals surface area contributed by atoms with Crippen LogP contribution in [0.15, 0.2) is 127 Å². The topological polar surface area (TPSA) is 125 Å². The number of aliphatic hydroxyl groups excluding tert-OH is 3. The number of hydrogen-bond donors (Lipinski definition) is 3. The van der Waals surface area contributed by atoms with Gasteiger partial charge in [-0.15, -0.1) is 0 Å². The minimum absolute atomic E-state index is 0. The molecule has 0 saturated carbocycles. The average molecular weight is 581 g/mol. The van der Waals surface area contributed by atoms with Crippen molar-refractivity contribution in [3.05, 3.63) is 143 Å². The van der Waals surface area contributed by atoms with Crippen LogP contribution in [0.5, 0.6) is 0 Å². The maximum atomic E-state index is 9.37. The molecule has 7 heteroatoms. The molecule has 6 N–H and O–H groups in total. The van der Waals surface area contributed by atoms with Gasteiger partial charge in [0.15, 0.2) is 0 Å². The van der Waals surface area contributed by atoms with Gasteiger partial charge in [0.25, 0.3) is 0 Å². The van der Waals surface area contributed by atoms with Crippen molar-refractivity contribution in [3.8, 4) is 0 Å². The molecule has 0 bridgehead atoms. The molecule has 0 aliphatic heterocycles. The van der Waals surface area contributed by atoms with Gasteiger partial charge in [-0.2, -0.15) is 0 Å². The van der Waals surface area contributed by atoms with Crippen LogP contribution >= 0.6 is 0 Å². The first-order valence-corrected chi connectivity index (χ1v) is 11.1. The zero-order chi connectivity index (χ0) is 26.9. The van der Waals surface area contributed by atoms with Crippen LogP contribution in [-0.4, -0.2) is 47.1 Å². The van der Waals surface area contributed by atoms with Gasteiger partial charge in [0.1, 0.15) is 0 Å². The van der Waals surface area contributed by atoms with Crippen LogP contribution in [0.2, 0.25) is 0 Å². The molecule has 0 fully saturated rings. The molecule has 0 aliphatic carbocycles. The Morgan fingerprint density at radius 1 is 0.459 bits per heavy atom. The summed E-state index contributed by atoms with van der Waals surface area (Å²) in [5.41, 5.74) is 2.10. The molecule has 0 spiro atoms. The Kier molecular flexibility index (Phi) is 16.5. The van der Waals surface area contributed by atoms with Gasteiger partial charge in [-0.25, -0.2) is 0 Å². The van der Waals surface area contributed by atoms with E-state index >= 15 is 0 Å². The van der Waals surface area contributed by atoms with Crippen molar-refractivity contribution in [1.82, 2.24) is 0 Å². The van der Waals surface area contributed by atoms with Crippen LogP contribution in [0.25, 0.3) is 0 Å². The van der Waals surface area contributed by atoms with Gasteiger partial charge in [-0.05, 0) is 57.2 Å². The van der Waals surface area contributed by atoms with Crippen molar-refractivity contribution in [2.75, 3.05) is 0 Å². The molecule has 190 valence electrons. The average Bonchev–Trinajstić information content (AvgIpc) is 2.85. The molecule has 0 unspecified atom stereocenters. The second kappa shape index (κ2) is 18.4. The summed E-state index contributed by atoms with van der Waals surface area (Å²) in [7, 11) is 0. The van der Waals surface area contributed by atoms with E-state index in [2.05, 4.69) is 0 Å². The van der Waals surface area contributed by atoms with Crippen LogP contribution < -0.4 is 0 Å². The third-order valence-corrected chi connectivity index (χ3v) is 4.25. The van der Waals surface area contributed by atoms with Gasteiger partial charge in [0, 0.05) is 26.2 Å². The normalized spacial score (nSPS) is 10.9. The summed E-state index contributed by atoms with van der Waals surface area (Å²) in [4.78, 5) is 28.1. The van der Waals surface area contributed by atoms with Crippen LogP contribution in [0, 0.1) is 0 Å². The first-order valence-electron chi connectivity index (χ1n) is 11.1. The van der Waals surface area contributed by atoms with Crippen LogP contribution in [0.4, 0.5) is 0 Å². The van der Waals surface area contributed by atoms with Crippen molar-refractivity contribution in [1.29, 1.82) is 0 Å². The van der Waals surface area contributed by atoms with Gasteiger partial charge in [-0.1, -0.05) is 54.6 Å². The van der Waals surface area contributed by atoms with Gasteiger partial charge in [-0.3, -0.25) is 14.4 Å². The molecular formula is C30H33O6Zr+3. The van der Waals surface area contributed by atoms with Gasteiger partial charge < -0.3 is 15.3 Å². The summed E-state index contributed by atoms with van der Waals surface area (Å²) >= 11 is 0. The number of allylic oxidation sites excluding steroid dienone is 6. The summed E-state index contributed by atoms with van der Waals surface area (Å²) in [6.07, 6.45) is 3.94. The molecule has 0 aliphatic rings. The van der Waals surface area contributed by atoms with Crippen LogP contribution in [0.3, 0.4) is 0 Å². The molecule has 3 rings (SSSR count). The Bertz CT molecular complexity index is 1050. The summed E-state index contributed by atoms with van der Waals surface area (Å²) < 4.78 is 0. The summed E-state index contributed by atoms with van der Waals surface area (Å²) in [5.74, 6) is 0.519. The molecule has 0 amide bonds. The van der Waals surface area contributed by atoms with E-state index < -0.39 is 0 Å². The predicted octanol–water partition coefficient (Wildman–Crippen LogP) is 6.12. The molecule has 0 radical (unpaired) electrons. The van der Waals surface area contributed by atoms with Gasteiger partial charge in [0.2, 0.25) is 0 Å². The summed E-state index contributed by atoms with van der Waals surface area (Å²) in [5, 5.41) is 26.6. The van der Waals surface area contributed by atoms with Crippen LogP contribution in [-0.2, 0) is 26.2 Å². The fourth-order valence-electron chi connectivity index (χ4n) is 2.67. The van der Waals surface area contributed by atoms with Crippen molar-refractivity contribution >= 4 is 17.3 Å². The van der Waals surface area contributed by atoms with Gasteiger partial charge >= 0.3 is 17.3 Å². The Labute approximate surface area is 236 Å². The molecule has 0 heterocycles. The SMILES string of the molecule is C/C(O)=C/C(=[OH+])c1ccccc1.C/C(O)=C/C(=[OH+])c1ccccc1.C/C(O)=C/C(=[OH+])c1ccccc1.[Zr]. The Balaban J connectivity index is 0.000000518. The number of carbonyl (C=O) groups excluding carboxylic acids is 3. The molecule has 37 heavy (non-hydrogen) atoms. The molecular weight excluding hydrogens is 548 g/mol. The standard InChI is InChI=1S/3C10H10O2.Zr/c3*1-8(11)7-10(12)9-5-3-2-4-6-9;/h3*2-7,11H,1H3;/p+3/b3*8-7-;. The van der Waals surface area contributed by atoms with Gasteiger partial charge in [0.05, 0.1) is 52.2 Å².